The minimum atomic E-state index is -0.0417. The summed E-state index contributed by atoms with van der Waals surface area (Å²) in [6.45, 7) is 3.63. The zero-order chi connectivity index (χ0) is 23.3. The first-order valence-corrected chi connectivity index (χ1v) is 12.4. The molecule has 8 heteroatoms. The molecular weight excluding hydrogens is 426 g/mol. The molecule has 0 atom stereocenters. The fraction of sp³-hybridized carbons (Fsp3) is 0.500. The van der Waals surface area contributed by atoms with Crippen molar-refractivity contribution in [1.29, 1.82) is 0 Å². The van der Waals surface area contributed by atoms with Gasteiger partial charge in [0.15, 0.2) is 0 Å². The Morgan fingerprint density at radius 3 is 2.44 bits per heavy atom. The van der Waals surface area contributed by atoms with Gasteiger partial charge in [-0.1, -0.05) is 6.07 Å². The molecule has 4 aliphatic rings. The maximum atomic E-state index is 11.8. The first-order valence-electron chi connectivity index (χ1n) is 12.4. The summed E-state index contributed by atoms with van der Waals surface area (Å²) in [5.74, 6) is 1.75. The lowest BCUT2D eigenvalue weighted by Gasteiger charge is -2.52. The molecule has 176 valence electrons. The summed E-state index contributed by atoms with van der Waals surface area (Å²) in [4.78, 5) is 34.7. The highest BCUT2D eigenvalue weighted by molar-refractivity contribution is 5.75. The van der Waals surface area contributed by atoms with Crippen LogP contribution in [-0.2, 0) is 10.2 Å². The Morgan fingerprint density at radius 2 is 1.76 bits per heavy atom. The molecule has 4 fully saturated rings. The number of aromatic nitrogens is 5. The van der Waals surface area contributed by atoms with Gasteiger partial charge in [0.25, 0.3) is 0 Å². The third kappa shape index (κ3) is 3.85. The highest BCUT2D eigenvalue weighted by Gasteiger charge is 2.51. The Morgan fingerprint density at radius 1 is 1.00 bits per heavy atom. The minimum absolute atomic E-state index is 0.000826. The molecule has 8 nitrogen and oxygen atoms in total. The Labute approximate surface area is 199 Å². The molecule has 34 heavy (non-hydrogen) atoms. The summed E-state index contributed by atoms with van der Waals surface area (Å²) in [5.41, 5.74) is 4.33. The molecule has 0 saturated heterocycles. The number of hydrogen-bond donors (Lipinski definition) is 3. The fourth-order valence-electron chi connectivity index (χ4n) is 5.75. The molecule has 0 spiro atoms. The smallest absolute Gasteiger partial charge is 0.223 e. The molecule has 0 unspecified atom stereocenters. The van der Waals surface area contributed by atoms with E-state index in [1.807, 2.05) is 37.4 Å². The monoisotopic (exact) mass is 457 g/mol. The molecule has 3 aromatic heterocycles. The van der Waals surface area contributed by atoms with Gasteiger partial charge in [0, 0.05) is 35.8 Å². The number of nitrogens with zero attached hydrogens (tertiary/aromatic N) is 4. The van der Waals surface area contributed by atoms with Crippen LogP contribution in [0.1, 0.15) is 69.8 Å². The standard InChI is InChI=1S/C26H31N7O/c1-16-4-3-5-19(28-16)21-22(20-8-15-27-24(30-20)29-18-6-7-18)32-23(31-21)25-9-12-26(13-10-25,14-11-25)33-17(2)34/h3-5,8,15,18H,6-7,9-14H2,1-2H3,(H,31,32)(H,33,34)(H,27,29,30). The Hall–Kier alpha value is -3.29. The van der Waals surface area contributed by atoms with E-state index in [1.54, 1.807) is 6.92 Å². The van der Waals surface area contributed by atoms with Crippen LogP contribution in [0.5, 0.6) is 0 Å². The molecule has 4 aliphatic carbocycles. The molecule has 2 bridgehead atoms. The van der Waals surface area contributed by atoms with Gasteiger partial charge in [-0.25, -0.2) is 15.0 Å². The van der Waals surface area contributed by atoms with Crippen LogP contribution in [0.15, 0.2) is 30.5 Å². The number of imidazole rings is 1. The van der Waals surface area contributed by atoms with Crippen molar-refractivity contribution in [3.05, 3.63) is 42.0 Å². The van der Waals surface area contributed by atoms with E-state index in [9.17, 15) is 4.79 Å². The Balaban J connectivity index is 1.39. The van der Waals surface area contributed by atoms with Gasteiger partial charge in [-0.05, 0) is 76.5 Å². The van der Waals surface area contributed by atoms with Gasteiger partial charge < -0.3 is 15.6 Å². The van der Waals surface area contributed by atoms with E-state index in [0.717, 1.165) is 72.8 Å². The summed E-state index contributed by atoms with van der Waals surface area (Å²) in [6, 6.07) is 8.47. The van der Waals surface area contributed by atoms with E-state index >= 15 is 0 Å². The highest BCUT2D eigenvalue weighted by atomic mass is 16.1. The van der Waals surface area contributed by atoms with E-state index in [4.69, 9.17) is 15.0 Å². The number of aryl methyl sites for hydroxylation is 1. The van der Waals surface area contributed by atoms with Gasteiger partial charge >= 0.3 is 0 Å². The summed E-state index contributed by atoms with van der Waals surface area (Å²) >= 11 is 0. The number of nitrogens with one attached hydrogen (secondary N) is 3. The van der Waals surface area contributed by atoms with Crippen molar-refractivity contribution >= 4 is 11.9 Å². The van der Waals surface area contributed by atoms with E-state index < -0.39 is 0 Å². The molecule has 0 aliphatic heterocycles. The average Bonchev–Trinajstić information content (AvgIpc) is 3.52. The topological polar surface area (TPSA) is 108 Å². The lowest BCUT2D eigenvalue weighted by molar-refractivity contribution is -0.122. The molecule has 4 saturated carbocycles. The second kappa shape index (κ2) is 7.89. The molecule has 3 aromatic rings. The second-order valence-electron chi connectivity index (χ2n) is 10.4. The third-order valence-electron chi connectivity index (χ3n) is 7.85. The average molecular weight is 458 g/mol. The molecular formula is C26H31N7O. The number of fused-ring (bicyclic) bond motifs is 3. The van der Waals surface area contributed by atoms with Crippen molar-refractivity contribution in [3.63, 3.8) is 0 Å². The predicted molar refractivity (Wildman–Crippen MR) is 130 cm³/mol. The highest BCUT2D eigenvalue weighted by Crippen LogP contribution is 2.53. The number of hydrogen-bond acceptors (Lipinski definition) is 6. The van der Waals surface area contributed by atoms with Crippen LogP contribution in [0.2, 0.25) is 0 Å². The molecule has 1 amide bonds. The van der Waals surface area contributed by atoms with E-state index in [1.165, 1.54) is 12.8 Å². The zero-order valence-electron chi connectivity index (χ0n) is 19.8. The first kappa shape index (κ1) is 21.3. The van der Waals surface area contributed by atoms with Crippen molar-refractivity contribution in [2.75, 3.05) is 5.32 Å². The van der Waals surface area contributed by atoms with Gasteiger partial charge in [-0.2, -0.15) is 0 Å². The zero-order valence-corrected chi connectivity index (χ0v) is 19.8. The summed E-state index contributed by atoms with van der Waals surface area (Å²) in [7, 11) is 0. The predicted octanol–water partition coefficient (Wildman–Crippen LogP) is 4.29. The maximum absolute atomic E-state index is 11.8. The Bertz CT molecular complexity index is 1220. The second-order valence-corrected chi connectivity index (χ2v) is 10.4. The van der Waals surface area contributed by atoms with Crippen LogP contribution < -0.4 is 10.6 Å². The van der Waals surface area contributed by atoms with Gasteiger partial charge in [-0.3, -0.25) is 9.78 Å². The number of carbonyl (C=O) groups excluding carboxylic acids is 1. The van der Waals surface area contributed by atoms with Gasteiger partial charge in [-0.15, -0.1) is 0 Å². The van der Waals surface area contributed by atoms with Crippen molar-refractivity contribution in [2.24, 2.45) is 0 Å². The van der Waals surface area contributed by atoms with Crippen molar-refractivity contribution in [2.45, 2.75) is 82.2 Å². The van der Waals surface area contributed by atoms with E-state index in [2.05, 4.69) is 20.6 Å². The van der Waals surface area contributed by atoms with Crippen LogP contribution in [0.25, 0.3) is 22.8 Å². The van der Waals surface area contributed by atoms with Gasteiger partial charge in [0.2, 0.25) is 11.9 Å². The third-order valence-corrected chi connectivity index (χ3v) is 7.85. The quantitative estimate of drug-likeness (QED) is 0.509. The SMILES string of the molecule is CC(=O)NC12CCC(c3nc(-c4cccc(C)n4)c(-c4ccnc(NC5CC5)n4)[nH]3)(CC1)CC2. The number of aromatic amines is 1. The van der Waals surface area contributed by atoms with Gasteiger partial charge in [0.05, 0.1) is 17.1 Å². The van der Waals surface area contributed by atoms with Gasteiger partial charge in [0.1, 0.15) is 11.5 Å². The number of rotatable bonds is 6. The molecule has 0 aromatic carbocycles. The first-order chi connectivity index (χ1) is 16.4. The maximum Gasteiger partial charge on any atom is 0.223 e. The van der Waals surface area contributed by atoms with Crippen molar-refractivity contribution < 1.29 is 4.79 Å². The molecule has 7 rings (SSSR count). The summed E-state index contributed by atoms with van der Waals surface area (Å²) < 4.78 is 0. The molecule has 3 heterocycles. The van der Waals surface area contributed by atoms with Crippen LogP contribution in [0.3, 0.4) is 0 Å². The number of anilines is 1. The molecule has 0 radical (unpaired) electrons. The number of pyridine rings is 1. The van der Waals surface area contributed by atoms with Crippen LogP contribution in [-0.4, -0.2) is 42.4 Å². The summed E-state index contributed by atoms with van der Waals surface area (Å²) in [6.07, 6.45) is 10.2. The van der Waals surface area contributed by atoms with Crippen molar-refractivity contribution in [3.8, 4) is 22.8 Å². The summed E-state index contributed by atoms with van der Waals surface area (Å²) in [5, 5.41) is 6.65. The van der Waals surface area contributed by atoms with Crippen LogP contribution >= 0.6 is 0 Å². The minimum Gasteiger partial charge on any atom is -0.351 e. The van der Waals surface area contributed by atoms with Crippen LogP contribution in [0, 0.1) is 6.92 Å². The van der Waals surface area contributed by atoms with Crippen LogP contribution in [0.4, 0.5) is 5.95 Å². The van der Waals surface area contributed by atoms with Crippen molar-refractivity contribution in [1.82, 2.24) is 30.2 Å². The van der Waals surface area contributed by atoms with E-state index in [-0.39, 0.29) is 16.9 Å². The number of amides is 1. The van der Waals surface area contributed by atoms with E-state index in [0.29, 0.717) is 12.0 Å². The normalized spacial score (nSPS) is 25.8. The molecule has 3 N–H and O–H groups in total. The fourth-order valence-corrected chi connectivity index (χ4v) is 5.75. The Kier molecular flexibility index (Phi) is 4.93. The largest absolute Gasteiger partial charge is 0.351 e. The number of carbonyl (C=O) groups is 1. The number of H-pyrrole nitrogens is 1. The lowest BCUT2D eigenvalue weighted by Crippen LogP contribution is -2.57. The lowest BCUT2D eigenvalue weighted by atomic mass is 9.57.